The van der Waals surface area contributed by atoms with Crippen LogP contribution in [0.15, 0.2) is 30.5 Å². The molecule has 0 radical (unpaired) electrons. The van der Waals surface area contributed by atoms with E-state index in [-0.39, 0.29) is 6.10 Å². The highest BCUT2D eigenvalue weighted by atomic mass is 16.5. The highest BCUT2D eigenvalue weighted by Gasteiger charge is 2.08. The Bertz CT molecular complexity index is 545. The number of nitrogen functional groups attached to an aromatic ring is 1. The summed E-state index contributed by atoms with van der Waals surface area (Å²) >= 11 is 0. The van der Waals surface area contributed by atoms with Gasteiger partial charge in [-0.2, -0.15) is 0 Å². The lowest BCUT2D eigenvalue weighted by Gasteiger charge is -2.17. The number of hydrogen-bond acceptors (Lipinski definition) is 5. The minimum Gasteiger partial charge on any atom is -0.397 e. The van der Waals surface area contributed by atoms with Crippen LogP contribution in [0.4, 0.5) is 11.4 Å². The van der Waals surface area contributed by atoms with Gasteiger partial charge in [0, 0.05) is 38.0 Å². The van der Waals surface area contributed by atoms with Crippen molar-refractivity contribution in [1.82, 2.24) is 4.98 Å². The summed E-state index contributed by atoms with van der Waals surface area (Å²) in [5, 5.41) is 4.36. The number of ether oxygens (including phenoxy) is 2. The number of anilines is 2. The normalized spacial score (nSPS) is 12.5. The van der Waals surface area contributed by atoms with E-state index in [1.807, 2.05) is 24.3 Å². The predicted molar refractivity (Wildman–Crippen MR) is 77.3 cm³/mol. The fourth-order valence-electron chi connectivity index (χ4n) is 1.97. The van der Waals surface area contributed by atoms with Crippen molar-refractivity contribution in [1.29, 1.82) is 0 Å². The van der Waals surface area contributed by atoms with Crippen molar-refractivity contribution in [2.75, 3.05) is 38.4 Å². The van der Waals surface area contributed by atoms with Gasteiger partial charge in [0.25, 0.3) is 0 Å². The van der Waals surface area contributed by atoms with E-state index < -0.39 is 0 Å². The Hall–Kier alpha value is -1.85. The van der Waals surface area contributed by atoms with E-state index in [0.717, 1.165) is 16.6 Å². The molecular weight excluding hydrogens is 242 g/mol. The molecule has 0 bridgehead atoms. The fourth-order valence-corrected chi connectivity index (χ4v) is 1.97. The molecule has 2 aromatic rings. The standard InChI is InChI=1S/C14H19N3O2/c1-18-9-10(19-2)8-17-13-6-7-16-14-11(13)4-3-5-12(14)15/h3-7,10H,8-9,15H2,1-2H3,(H,16,17). The molecule has 102 valence electrons. The Balaban J connectivity index is 2.19. The zero-order chi connectivity index (χ0) is 13.7. The Kier molecular flexibility index (Phi) is 4.54. The van der Waals surface area contributed by atoms with Crippen LogP contribution < -0.4 is 11.1 Å². The molecule has 0 aliphatic carbocycles. The maximum Gasteiger partial charge on any atom is 0.0976 e. The number of benzene rings is 1. The summed E-state index contributed by atoms with van der Waals surface area (Å²) in [5.41, 5.74) is 8.41. The number of nitrogens with two attached hydrogens (primary N) is 1. The highest BCUT2D eigenvalue weighted by Crippen LogP contribution is 2.25. The van der Waals surface area contributed by atoms with Crippen LogP contribution in [0, 0.1) is 0 Å². The predicted octanol–water partition coefficient (Wildman–Crippen LogP) is 1.89. The van der Waals surface area contributed by atoms with Crippen molar-refractivity contribution in [2.45, 2.75) is 6.10 Å². The third-order valence-corrected chi connectivity index (χ3v) is 3.01. The van der Waals surface area contributed by atoms with E-state index in [0.29, 0.717) is 18.8 Å². The van der Waals surface area contributed by atoms with Crippen LogP contribution >= 0.6 is 0 Å². The second kappa shape index (κ2) is 6.36. The summed E-state index contributed by atoms with van der Waals surface area (Å²) in [4.78, 5) is 4.30. The second-order valence-electron chi connectivity index (χ2n) is 4.30. The maximum absolute atomic E-state index is 5.92. The molecule has 0 aliphatic heterocycles. The van der Waals surface area contributed by atoms with Crippen LogP contribution in [0.2, 0.25) is 0 Å². The van der Waals surface area contributed by atoms with E-state index in [9.17, 15) is 0 Å². The molecule has 19 heavy (non-hydrogen) atoms. The van der Waals surface area contributed by atoms with Gasteiger partial charge in [-0.25, -0.2) is 0 Å². The largest absolute Gasteiger partial charge is 0.397 e. The minimum atomic E-state index is 0.00859. The second-order valence-corrected chi connectivity index (χ2v) is 4.30. The Labute approximate surface area is 112 Å². The number of nitrogens with one attached hydrogen (secondary N) is 1. The Morgan fingerprint density at radius 3 is 2.89 bits per heavy atom. The van der Waals surface area contributed by atoms with Gasteiger partial charge in [-0.05, 0) is 12.1 Å². The van der Waals surface area contributed by atoms with Gasteiger partial charge < -0.3 is 20.5 Å². The third kappa shape index (κ3) is 3.13. The number of nitrogens with zero attached hydrogens (tertiary/aromatic N) is 1. The van der Waals surface area contributed by atoms with Gasteiger partial charge in [0.2, 0.25) is 0 Å². The monoisotopic (exact) mass is 261 g/mol. The lowest BCUT2D eigenvalue weighted by atomic mass is 10.1. The van der Waals surface area contributed by atoms with Crippen molar-refractivity contribution in [3.63, 3.8) is 0 Å². The van der Waals surface area contributed by atoms with E-state index in [1.54, 1.807) is 20.4 Å². The molecule has 1 aromatic heterocycles. The molecule has 0 fully saturated rings. The van der Waals surface area contributed by atoms with Gasteiger partial charge in [-0.3, -0.25) is 4.98 Å². The summed E-state index contributed by atoms with van der Waals surface area (Å²) in [6, 6.07) is 7.70. The number of aromatic nitrogens is 1. The van der Waals surface area contributed by atoms with Crippen LogP contribution in [0.25, 0.3) is 10.9 Å². The average Bonchev–Trinajstić information content (AvgIpc) is 2.44. The molecule has 0 saturated heterocycles. The van der Waals surface area contributed by atoms with Crippen LogP contribution in [0.3, 0.4) is 0 Å². The molecule has 0 amide bonds. The summed E-state index contributed by atoms with van der Waals surface area (Å²) in [5.74, 6) is 0. The molecule has 1 unspecified atom stereocenters. The van der Waals surface area contributed by atoms with Crippen molar-refractivity contribution in [2.24, 2.45) is 0 Å². The zero-order valence-corrected chi connectivity index (χ0v) is 11.2. The van der Waals surface area contributed by atoms with Gasteiger partial charge in [0.15, 0.2) is 0 Å². The number of fused-ring (bicyclic) bond motifs is 1. The highest BCUT2D eigenvalue weighted by molar-refractivity contribution is 5.97. The first-order valence-electron chi connectivity index (χ1n) is 6.15. The van der Waals surface area contributed by atoms with Crippen LogP contribution in [-0.4, -0.2) is 38.5 Å². The summed E-state index contributed by atoms with van der Waals surface area (Å²) < 4.78 is 10.4. The molecule has 1 atom stereocenters. The Morgan fingerprint density at radius 2 is 2.16 bits per heavy atom. The molecule has 5 heteroatoms. The number of methoxy groups -OCH3 is 2. The first kappa shape index (κ1) is 13.6. The van der Waals surface area contributed by atoms with Crippen LogP contribution in [-0.2, 0) is 9.47 Å². The minimum absolute atomic E-state index is 0.00859. The molecule has 2 rings (SSSR count). The van der Waals surface area contributed by atoms with Gasteiger partial charge in [0.05, 0.1) is 23.9 Å². The molecular formula is C14H19N3O2. The molecule has 5 nitrogen and oxygen atoms in total. The SMILES string of the molecule is COCC(CNc1ccnc2c(N)cccc12)OC. The number of para-hydroxylation sites is 1. The van der Waals surface area contributed by atoms with Crippen molar-refractivity contribution < 1.29 is 9.47 Å². The number of pyridine rings is 1. The van der Waals surface area contributed by atoms with Gasteiger partial charge in [-0.15, -0.1) is 0 Å². The lowest BCUT2D eigenvalue weighted by molar-refractivity contribution is 0.0366. The van der Waals surface area contributed by atoms with E-state index in [4.69, 9.17) is 15.2 Å². The summed E-state index contributed by atoms with van der Waals surface area (Å²) in [6.07, 6.45) is 1.76. The van der Waals surface area contributed by atoms with Gasteiger partial charge in [0.1, 0.15) is 0 Å². The molecule has 0 spiro atoms. The Morgan fingerprint density at radius 1 is 1.32 bits per heavy atom. The smallest absolute Gasteiger partial charge is 0.0976 e. The average molecular weight is 261 g/mol. The van der Waals surface area contributed by atoms with Crippen LogP contribution in [0.5, 0.6) is 0 Å². The molecule has 1 heterocycles. The summed E-state index contributed by atoms with van der Waals surface area (Å²) in [7, 11) is 3.34. The summed E-state index contributed by atoms with van der Waals surface area (Å²) in [6.45, 7) is 1.22. The molecule has 1 aromatic carbocycles. The molecule has 0 aliphatic rings. The fraction of sp³-hybridized carbons (Fsp3) is 0.357. The van der Waals surface area contributed by atoms with Gasteiger partial charge in [-0.1, -0.05) is 12.1 Å². The van der Waals surface area contributed by atoms with Gasteiger partial charge >= 0.3 is 0 Å². The van der Waals surface area contributed by atoms with E-state index in [2.05, 4.69) is 10.3 Å². The van der Waals surface area contributed by atoms with E-state index in [1.165, 1.54) is 0 Å². The zero-order valence-electron chi connectivity index (χ0n) is 11.2. The van der Waals surface area contributed by atoms with Crippen molar-refractivity contribution in [3.8, 4) is 0 Å². The topological polar surface area (TPSA) is 69.4 Å². The maximum atomic E-state index is 5.92. The van der Waals surface area contributed by atoms with E-state index >= 15 is 0 Å². The first-order chi connectivity index (χ1) is 9.26. The first-order valence-corrected chi connectivity index (χ1v) is 6.15. The van der Waals surface area contributed by atoms with Crippen molar-refractivity contribution >= 4 is 22.3 Å². The lowest BCUT2D eigenvalue weighted by Crippen LogP contribution is -2.26. The van der Waals surface area contributed by atoms with Crippen LogP contribution in [0.1, 0.15) is 0 Å². The number of rotatable bonds is 6. The third-order valence-electron chi connectivity index (χ3n) is 3.01. The molecule has 3 N–H and O–H groups in total. The number of hydrogen-bond donors (Lipinski definition) is 2. The quantitative estimate of drug-likeness (QED) is 0.777. The molecule has 0 saturated carbocycles. The van der Waals surface area contributed by atoms with Crippen molar-refractivity contribution in [3.05, 3.63) is 30.5 Å².